The summed E-state index contributed by atoms with van der Waals surface area (Å²) in [7, 11) is 1.53. The Morgan fingerprint density at radius 3 is 2.54 bits per heavy atom. The first-order valence-corrected chi connectivity index (χ1v) is 11.5. The number of hydrogen-bond acceptors (Lipinski definition) is 7. The first-order chi connectivity index (χ1) is 17.0. The summed E-state index contributed by atoms with van der Waals surface area (Å²) >= 11 is 1.08. The number of aromatic nitrogens is 3. The first kappa shape index (κ1) is 24.0. The highest BCUT2D eigenvalue weighted by Crippen LogP contribution is 2.29. The molecule has 1 aromatic heterocycles. The molecule has 1 amide bonds. The van der Waals surface area contributed by atoms with Gasteiger partial charge in [-0.3, -0.25) is 14.2 Å². The van der Waals surface area contributed by atoms with Crippen LogP contribution in [0.4, 0.5) is 10.1 Å². The van der Waals surface area contributed by atoms with E-state index in [0.717, 1.165) is 11.8 Å². The van der Waals surface area contributed by atoms with E-state index in [4.69, 9.17) is 9.47 Å². The summed E-state index contributed by atoms with van der Waals surface area (Å²) in [6.07, 6.45) is 0. The Hall–Kier alpha value is -4.18. The number of nitrogens with zero attached hydrogens (tertiary/aromatic N) is 3. The Bertz CT molecular complexity index is 1330. The lowest BCUT2D eigenvalue weighted by molar-refractivity contribution is -0.144. The molecule has 0 bridgehead atoms. The van der Waals surface area contributed by atoms with Crippen molar-refractivity contribution in [3.8, 4) is 22.8 Å². The minimum Gasteiger partial charge on any atom is -0.497 e. The van der Waals surface area contributed by atoms with Gasteiger partial charge in [0.25, 0.3) is 5.91 Å². The molecule has 178 valence electrons. The average molecular weight is 493 g/mol. The zero-order valence-corrected chi connectivity index (χ0v) is 19.5. The molecule has 8 nitrogen and oxygen atoms in total. The molecule has 0 saturated carbocycles. The number of esters is 1. The molecule has 0 saturated heterocycles. The molecule has 0 aliphatic rings. The predicted octanol–water partition coefficient (Wildman–Crippen LogP) is 4.36. The van der Waals surface area contributed by atoms with E-state index >= 15 is 0 Å². The third-order valence-electron chi connectivity index (χ3n) is 4.80. The van der Waals surface area contributed by atoms with E-state index in [-0.39, 0.29) is 11.3 Å². The van der Waals surface area contributed by atoms with Crippen molar-refractivity contribution >= 4 is 29.3 Å². The molecule has 0 atom stereocenters. The van der Waals surface area contributed by atoms with Crippen LogP contribution in [0.15, 0.2) is 84.0 Å². The van der Waals surface area contributed by atoms with Crippen LogP contribution in [-0.2, 0) is 14.3 Å². The van der Waals surface area contributed by atoms with Crippen LogP contribution in [0.1, 0.15) is 0 Å². The number of rotatable bonds is 9. The van der Waals surface area contributed by atoms with Crippen molar-refractivity contribution in [2.24, 2.45) is 0 Å². The van der Waals surface area contributed by atoms with Gasteiger partial charge in [-0.1, -0.05) is 48.2 Å². The quantitative estimate of drug-likeness (QED) is 0.274. The van der Waals surface area contributed by atoms with Crippen LogP contribution in [0.25, 0.3) is 17.1 Å². The lowest BCUT2D eigenvalue weighted by atomic mass is 10.2. The van der Waals surface area contributed by atoms with Crippen LogP contribution < -0.4 is 10.1 Å². The minimum atomic E-state index is -0.606. The van der Waals surface area contributed by atoms with Gasteiger partial charge in [0.1, 0.15) is 11.6 Å². The maximum absolute atomic E-state index is 14.5. The van der Waals surface area contributed by atoms with Gasteiger partial charge in [-0.25, -0.2) is 4.39 Å². The highest BCUT2D eigenvalue weighted by molar-refractivity contribution is 7.99. The van der Waals surface area contributed by atoms with E-state index in [1.165, 1.54) is 13.2 Å². The van der Waals surface area contributed by atoms with Gasteiger partial charge >= 0.3 is 5.97 Å². The van der Waals surface area contributed by atoms with Gasteiger partial charge < -0.3 is 14.8 Å². The Labute approximate surface area is 205 Å². The second kappa shape index (κ2) is 11.3. The van der Waals surface area contributed by atoms with E-state index in [0.29, 0.717) is 28.1 Å². The molecule has 0 aliphatic heterocycles. The van der Waals surface area contributed by atoms with E-state index in [1.807, 2.05) is 30.3 Å². The van der Waals surface area contributed by atoms with Crippen molar-refractivity contribution in [1.29, 1.82) is 0 Å². The average Bonchev–Trinajstić information content (AvgIpc) is 3.31. The summed E-state index contributed by atoms with van der Waals surface area (Å²) in [4.78, 5) is 24.4. The number of ether oxygens (including phenoxy) is 2. The van der Waals surface area contributed by atoms with Crippen LogP contribution in [-0.4, -0.2) is 46.1 Å². The number of anilines is 1. The standard InChI is InChI=1S/C25H21FN4O4S/c1-33-19-11-7-8-17(14-19)27-22(31)15-34-23(32)16-35-25-29-28-24(20-12-5-6-13-21(20)26)30(25)18-9-3-2-4-10-18/h2-14H,15-16H2,1H3,(H,27,31). The second-order valence-corrected chi connectivity index (χ2v) is 8.13. The number of carbonyl (C=O) groups excluding carboxylic acids is 2. The van der Waals surface area contributed by atoms with Gasteiger partial charge in [0.2, 0.25) is 0 Å². The summed E-state index contributed by atoms with van der Waals surface area (Å²) in [5.41, 5.74) is 1.52. The van der Waals surface area contributed by atoms with Crippen molar-refractivity contribution in [3.05, 3.63) is 84.7 Å². The lowest BCUT2D eigenvalue weighted by Gasteiger charge is -2.11. The SMILES string of the molecule is COc1cccc(NC(=O)COC(=O)CSc2nnc(-c3ccccc3F)n2-c2ccccc2)c1. The number of thioether (sulfide) groups is 1. The number of amides is 1. The Kier molecular flexibility index (Phi) is 7.74. The summed E-state index contributed by atoms with van der Waals surface area (Å²) in [6.45, 7) is -0.442. The minimum absolute atomic E-state index is 0.116. The monoisotopic (exact) mass is 492 g/mol. The molecule has 0 spiro atoms. The maximum atomic E-state index is 14.5. The number of methoxy groups -OCH3 is 1. The van der Waals surface area contributed by atoms with Gasteiger partial charge in [-0.15, -0.1) is 10.2 Å². The summed E-state index contributed by atoms with van der Waals surface area (Å²) in [5, 5.41) is 11.3. The molecule has 1 N–H and O–H groups in total. The van der Waals surface area contributed by atoms with Crippen molar-refractivity contribution < 1.29 is 23.5 Å². The van der Waals surface area contributed by atoms with Gasteiger partial charge in [0.15, 0.2) is 17.6 Å². The third kappa shape index (κ3) is 6.04. The Morgan fingerprint density at radius 1 is 1.00 bits per heavy atom. The molecule has 0 radical (unpaired) electrons. The Balaban J connectivity index is 1.41. The van der Waals surface area contributed by atoms with Crippen LogP contribution in [0.3, 0.4) is 0 Å². The number of halogens is 1. The predicted molar refractivity (Wildman–Crippen MR) is 130 cm³/mol. The third-order valence-corrected chi connectivity index (χ3v) is 5.70. The van der Waals surface area contributed by atoms with Gasteiger partial charge in [-0.05, 0) is 36.4 Å². The van der Waals surface area contributed by atoms with Crippen LogP contribution in [0.5, 0.6) is 5.75 Å². The molecular formula is C25H21FN4O4S. The first-order valence-electron chi connectivity index (χ1n) is 10.5. The molecule has 3 aromatic carbocycles. The van der Waals surface area contributed by atoms with Crippen molar-refractivity contribution in [1.82, 2.24) is 14.8 Å². The normalized spacial score (nSPS) is 10.6. The molecule has 35 heavy (non-hydrogen) atoms. The summed E-state index contributed by atoms with van der Waals surface area (Å²) < 4.78 is 26.3. The fraction of sp³-hybridized carbons (Fsp3) is 0.120. The number of carbonyl (C=O) groups is 2. The van der Waals surface area contributed by atoms with E-state index < -0.39 is 24.3 Å². The zero-order valence-electron chi connectivity index (χ0n) is 18.7. The highest BCUT2D eigenvalue weighted by atomic mass is 32.2. The van der Waals surface area contributed by atoms with Crippen LogP contribution >= 0.6 is 11.8 Å². The van der Waals surface area contributed by atoms with Crippen LogP contribution in [0.2, 0.25) is 0 Å². The van der Waals surface area contributed by atoms with Crippen molar-refractivity contribution in [2.75, 3.05) is 24.8 Å². The number of benzene rings is 3. The maximum Gasteiger partial charge on any atom is 0.316 e. The molecule has 4 rings (SSSR count). The van der Waals surface area contributed by atoms with Gasteiger partial charge in [0.05, 0.1) is 18.4 Å². The molecular weight excluding hydrogens is 471 g/mol. The van der Waals surface area contributed by atoms with Crippen molar-refractivity contribution in [2.45, 2.75) is 5.16 Å². The molecule has 0 fully saturated rings. The number of nitrogens with one attached hydrogen (secondary N) is 1. The fourth-order valence-corrected chi connectivity index (χ4v) is 3.95. The molecule has 10 heteroatoms. The molecule has 0 aliphatic carbocycles. The van der Waals surface area contributed by atoms with E-state index in [2.05, 4.69) is 15.5 Å². The topological polar surface area (TPSA) is 95.3 Å². The molecule has 4 aromatic rings. The highest BCUT2D eigenvalue weighted by Gasteiger charge is 2.20. The zero-order chi connectivity index (χ0) is 24.6. The summed E-state index contributed by atoms with van der Waals surface area (Å²) in [6, 6.07) is 22.3. The number of para-hydroxylation sites is 1. The molecule has 0 unspecified atom stereocenters. The summed E-state index contributed by atoms with van der Waals surface area (Å²) in [5.74, 6) is -0.738. The smallest absolute Gasteiger partial charge is 0.316 e. The van der Waals surface area contributed by atoms with Gasteiger partial charge in [0, 0.05) is 17.4 Å². The van der Waals surface area contributed by atoms with Crippen LogP contribution in [0, 0.1) is 5.82 Å². The second-order valence-electron chi connectivity index (χ2n) is 7.19. The lowest BCUT2D eigenvalue weighted by Crippen LogP contribution is -2.21. The van der Waals surface area contributed by atoms with E-state index in [9.17, 15) is 14.0 Å². The van der Waals surface area contributed by atoms with Gasteiger partial charge in [-0.2, -0.15) is 0 Å². The Morgan fingerprint density at radius 2 is 1.77 bits per heavy atom. The van der Waals surface area contributed by atoms with E-state index in [1.54, 1.807) is 47.0 Å². The number of hydrogen-bond donors (Lipinski definition) is 1. The molecule has 1 heterocycles. The van der Waals surface area contributed by atoms with Crippen molar-refractivity contribution in [3.63, 3.8) is 0 Å². The fourth-order valence-electron chi connectivity index (χ4n) is 3.20. The largest absolute Gasteiger partial charge is 0.497 e.